The lowest BCUT2D eigenvalue weighted by atomic mass is 10.1. The molecule has 0 aromatic heterocycles. The van der Waals surface area contributed by atoms with Gasteiger partial charge in [0, 0.05) is 6.42 Å². The van der Waals surface area contributed by atoms with E-state index in [0.717, 1.165) is 24.8 Å². The highest BCUT2D eigenvalue weighted by molar-refractivity contribution is 5.84. The van der Waals surface area contributed by atoms with Gasteiger partial charge in [0.2, 0.25) is 5.91 Å². The summed E-state index contributed by atoms with van der Waals surface area (Å²) >= 11 is 0. The number of carbonyl (C=O) groups is 3. The van der Waals surface area contributed by atoms with Crippen molar-refractivity contribution in [2.24, 2.45) is 0 Å². The minimum absolute atomic E-state index is 0.0842. The van der Waals surface area contributed by atoms with Gasteiger partial charge in [0.25, 0.3) is 0 Å². The smallest absolute Gasteiger partial charge is 0.407 e. The zero-order valence-electron chi connectivity index (χ0n) is 15.4. The van der Waals surface area contributed by atoms with Crippen LogP contribution < -0.4 is 10.6 Å². The van der Waals surface area contributed by atoms with Crippen LogP contribution in [0.1, 0.15) is 51.5 Å². The molecule has 7 heteroatoms. The number of rotatable bonds is 11. The van der Waals surface area contributed by atoms with Crippen LogP contribution in [0.4, 0.5) is 4.79 Å². The van der Waals surface area contributed by atoms with Gasteiger partial charge in [-0.1, -0.05) is 56.5 Å². The first kappa shape index (κ1) is 21.5. The second kappa shape index (κ2) is 11.9. The summed E-state index contributed by atoms with van der Waals surface area (Å²) in [4.78, 5) is 35.2. The molecule has 0 radical (unpaired) electrons. The molecule has 0 aliphatic carbocycles. The minimum atomic E-state index is -1.21. The third kappa shape index (κ3) is 8.50. The van der Waals surface area contributed by atoms with Gasteiger partial charge in [-0.25, -0.2) is 9.59 Å². The molecule has 0 heterocycles. The molecule has 26 heavy (non-hydrogen) atoms. The Labute approximate surface area is 154 Å². The molecule has 2 amide bonds. The summed E-state index contributed by atoms with van der Waals surface area (Å²) < 4.78 is 5.07. The van der Waals surface area contributed by atoms with E-state index in [0.29, 0.717) is 6.42 Å². The Kier molecular flexibility index (Phi) is 9.82. The monoisotopic (exact) mass is 364 g/mol. The van der Waals surface area contributed by atoms with Crippen molar-refractivity contribution < 1.29 is 24.2 Å². The fraction of sp³-hybridized carbons (Fsp3) is 0.526. The van der Waals surface area contributed by atoms with Gasteiger partial charge in [-0.05, 0) is 18.9 Å². The van der Waals surface area contributed by atoms with Crippen LogP contribution in [0.3, 0.4) is 0 Å². The number of benzene rings is 1. The second-order valence-electron chi connectivity index (χ2n) is 6.19. The maximum absolute atomic E-state index is 11.9. The van der Waals surface area contributed by atoms with Gasteiger partial charge in [-0.3, -0.25) is 4.79 Å². The Balaban J connectivity index is 2.43. The normalized spacial score (nSPS) is 12.7. The van der Waals surface area contributed by atoms with Crippen molar-refractivity contribution in [2.45, 2.75) is 64.6 Å². The number of carboxylic acids is 1. The van der Waals surface area contributed by atoms with Crippen LogP contribution in [0.2, 0.25) is 0 Å². The molecule has 0 aliphatic heterocycles. The van der Waals surface area contributed by atoms with Crippen molar-refractivity contribution in [3.63, 3.8) is 0 Å². The lowest BCUT2D eigenvalue weighted by Gasteiger charge is -2.22. The molecule has 0 saturated heterocycles. The number of carbonyl (C=O) groups excluding carboxylic acids is 2. The Morgan fingerprint density at radius 2 is 1.77 bits per heavy atom. The van der Waals surface area contributed by atoms with Gasteiger partial charge >= 0.3 is 12.1 Å². The predicted octanol–water partition coefficient (Wildman–Crippen LogP) is 2.84. The Morgan fingerprint density at radius 3 is 2.38 bits per heavy atom. The topological polar surface area (TPSA) is 105 Å². The highest BCUT2D eigenvalue weighted by atomic mass is 16.5. The molecule has 0 aliphatic rings. The first-order chi connectivity index (χ1) is 12.4. The van der Waals surface area contributed by atoms with Crippen LogP contribution in [0.5, 0.6) is 0 Å². The molecule has 2 unspecified atom stereocenters. The second-order valence-corrected chi connectivity index (χ2v) is 6.19. The standard InChI is InChI=1S/C19H28N2O5/c1-3-4-5-9-12-16(22)21-17(18(23)24)14(2)20-19(25)26-13-15-10-7-6-8-11-15/h6-8,10-11,14,17H,3-5,9,12-13H2,1-2H3,(H,20,25)(H,21,22)(H,23,24). The van der Waals surface area contributed by atoms with E-state index < -0.39 is 24.1 Å². The summed E-state index contributed by atoms with van der Waals surface area (Å²) in [6.07, 6.45) is 3.29. The van der Waals surface area contributed by atoms with E-state index in [1.807, 2.05) is 30.3 Å². The van der Waals surface area contributed by atoms with E-state index in [4.69, 9.17) is 4.74 Å². The average Bonchev–Trinajstić information content (AvgIpc) is 2.62. The first-order valence-electron chi connectivity index (χ1n) is 8.93. The van der Waals surface area contributed by atoms with E-state index in [9.17, 15) is 19.5 Å². The molecule has 7 nitrogen and oxygen atoms in total. The number of alkyl carbamates (subject to hydrolysis) is 1. The number of hydrogen-bond acceptors (Lipinski definition) is 4. The highest BCUT2D eigenvalue weighted by Gasteiger charge is 2.28. The molecule has 1 aromatic rings. The zero-order valence-corrected chi connectivity index (χ0v) is 15.4. The highest BCUT2D eigenvalue weighted by Crippen LogP contribution is 2.04. The fourth-order valence-corrected chi connectivity index (χ4v) is 2.39. The lowest BCUT2D eigenvalue weighted by molar-refractivity contribution is -0.142. The van der Waals surface area contributed by atoms with Gasteiger partial charge in [0.05, 0.1) is 6.04 Å². The lowest BCUT2D eigenvalue weighted by Crippen LogP contribution is -2.54. The van der Waals surface area contributed by atoms with E-state index in [2.05, 4.69) is 17.6 Å². The average molecular weight is 364 g/mol. The summed E-state index contributed by atoms with van der Waals surface area (Å²) in [5.41, 5.74) is 0.825. The molecular formula is C19H28N2O5. The van der Waals surface area contributed by atoms with Crippen molar-refractivity contribution in [3.05, 3.63) is 35.9 Å². The van der Waals surface area contributed by atoms with E-state index in [-0.39, 0.29) is 18.9 Å². The van der Waals surface area contributed by atoms with Crippen LogP contribution >= 0.6 is 0 Å². The Morgan fingerprint density at radius 1 is 1.08 bits per heavy atom. The molecule has 0 saturated carbocycles. The quantitative estimate of drug-likeness (QED) is 0.524. The molecular weight excluding hydrogens is 336 g/mol. The number of unbranched alkanes of at least 4 members (excludes halogenated alkanes) is 3. The van der Waals surface area contributed by atoms with E-state index in [1.165, 1.54) is 6.92 Å². The third-order valence-corrected chi connectivity index (χ3v) is 3.90. The molecule has 2 atom stereocenters. The van der Waals surface area contributed by atoms with Gasteiger partial charge < -0.3 is 20.5 Å². The molecule has 1 rings (SSSR count). The number of ether oxygens (including phenoxy) is 1. The number of hydrogen-bond donors (Lipinski definition) is 3. The van der Waals surface area contributed by atoms with Crippen molar-refractivity contribution in [1.82, 2.24) is 10.6 Å². The predicted molar refractivity (Wildman–Crippen MR) is 97.6 cm³/mol. The minimum Gasteiger partial charge on any atom is -0.480 e. The largest absolute Gasteiger partial charge is 0.480 e. The number of nitrogens with one attached hydrogen (secondary N) is 2. The van der Waals surface area contributed by atoms with Crippen LogP contribution in [0.15, 0.2) is 30.3 Å². The van der Waals surface area contributed by atoms with Crippen molar-refractivity contribution in [3.8, 4) is 0 Å². The molecule has 0 fully saturated rings. The van der Waals surface area contributed by atoms with Crippen molar-refractivity contribution in [2.75, 3.05) is 0 Å². The zero-order chi connectivity index (χ0) is 19.4. The summed E-state index contributed by atoms with van der Waals surface area (Å²) in [6, 6.07) is 7.12. The van der Waals surface area contributed by atoms with Crippen molar-refractivity contribution in [1.29, 1.82) is 0 Å². The SMILES string of the molecule is CCCCCCC(=O)NC(C(=O)O)C(C)NC(=O)OCc1ccccc1. The van der Waals surface area contributed by atoms with Crippen LogP contribution in [-0.2, 0) is 20.9 Å². The van der Waals surface area contributed by atoms with Crippen molar-refractivity contribution >= 4 is 18.0 Å². The maximum Gasteiger partial charge on any atom is 0.407 e. The molecule has 1 aromatic carbocycles. The molecule has 3 N–H and O–H groups in total. The molecule has 144 valence electrons. The summed E-state index contributed by atoms with van der Waals surface area (Å²) in [5.74, 6) is -1.54. The van der Waals surface area contributed by atoms with Gasteiger partial charge in [0.15, 0.2) is 0 Å². The first-order valence-corrected chi connectivity index (χ1v) is 8.93. The van der Waals surface area contributed by atoms with Crippen LogP contribution in [0.25, 0.3) is 0 Å². The number of amides is 2. The summed E-state index contributed by atoms with van der Waals surface area (Å²) in [6.45, 7) is 3.67. The maximum atomic E-state index is 11.9. The van der Waals surface area contributed by atoms with E-state index >= 15 is 0 Å². The van der Waals surface area contributed by atoms with Gasteiger partial charge in [-0.2, -0.15) is 0 Å². The number of aliphatic carboxylic acids is 1. The van der Waals surface area contributed by atoms with E-state index in [1.54, 1.807) is 0 Å². The Hall–Kier alpha value is -2.57. The van der Waals surface area contributed by atoms with Gasteiger partial charge in [-0.15, -0.1) is 0 Å². The molecule has 0 spiro atoms. The fourth-order valence-electron chi connectivity index (χ4n) is 2.39. The van der Waals surface area contributed by atoms with Gasteiger partial charge in [0.1, 0.15) is 12.6 Å². The van der Waals surface area contributed by atoms with Crippen LogP contribution in [-0.4, -0.2) is 35.2 Å². The summed E-state index contributed by atoms with van der Waals surface area (Å²) in [7, 11) is 0. The van der Waals surface area contributed by atoms with Crippen LogP contribution in [0, 0.1) is 0 Å². The summed E-state index contributed by atoms with van der Waals surface area (Å²) in [5, 5.41) is 14.2. The number of carboxylic acid groups (broad SMARTS) is 1. The third-order valence-electron chi connectivity index (χ3n) is 3.90. The Bertz CT molecular complexity index is 577. The molecule has 0 bridgehead atoms.